The molecule has 0 aliphatic carbocycles. The molecule has 0 aromatic heterocycles. The quantitative estimate of drug-likeness (QED) is 0.599. The monoisotopic (exact) mass is 280 g/mol. The Hall–Kier alpha value is -2.18. The number of aliphatic hydroxyl groups excluding tert-OH is 1. The van der Waals surface area contributed by atoms with E-state index in [0.29, 0.717) is 12.2 Å². The first-order valence-electron chi connectivity index (χ1n) is 5.99. The van der Waals surface area contributed by atoms with Gasteiger partial charge in [0, 0.05) is 17.8 Å². The van der Waals surface area contributed by atoms with Crippen molar-refractivity contribution in [3.8, 4) is 0 Å². The van der Waals surface area contributed by atoms with Crippen molar-refractivity contribution in [1.29, 1.82) is 0 Å². The van der Waals surface area contributed by atoms with Crippen LogP contribution in [0.1, 0.15) is 12.0 Å². The fraction of sp³-hybridized carbons (Fsp3) is 0.286. The summed E-state index contributed by atoms with van der Waals surface area (Å²) >= 11 is 0. The SMILES string of the molecule is C=C(CC(=O)Nc1ccc(C)cc1)C(=O)O.NCCO. The van der Waals surface area contributed by atoms with Gasteiger partial charge in [0.05, 0.1) is 13.0 Å². The van der Waals surface area contributed by atoms with Gasteiger partial charge >= 0.3 is 5.97 Å². The number of nitrogens with two attached hydrogens (primary N) is 1. The molecular formula is C14H20N2O4. The van der Waals surface area contributed by atoms with Gasteiger partial charge in [0.2, 0.25) is 5.91 Å². The van der Waals surface area contributed by atoms with Crippen molar-refractivity contribution >= 4 is 17.6 Å². The number of aliphatic carboxylic acids is 1. The van der Waals surface area contributed by atoms with Crippen LogP contribution in [-0.4, -0.2) is 35.2 Å². The molecule has 0 aliphatic rings. The topological polar surface area (TPSA) is 113 Å². The van der Waals surface area contributed by atoms with Crippen molar-refractivity contribution in [1.82, 2.24) is 0 Å². The smallest absolute Gasteiger partial charge is 0.331 e. The second-order valence-corrected chi connectivity index (χ2v) is 4.01. The molecule has 5 N–H and O–H groups in total. The highest BCUT2D eigenvalue weighted by molar-refractivity contribution is 5.99. The maximum absolute atomic E-state index is 11.4. The van der Waals surface area contributed by atoms with Gasteiger partial charge in [0.15, 0.2) is 0 Å². The van der Waals surface area contributed by atoms with E-state index in [-0.39, 0.29) is 24.5 Å². The summed E-state index contributed by atoms with van der Waals surface area (Å²) in [5.74, 6) is -1.53. The van der Waals surface area contributed by atoms with E-state index >= 15 is 0 Å². The van der Waals surface area contributed by atoms with E-state index in [1.807, 2.05) is 19.1 Å². The number of anilines is 1. The summed E-state index contributed by atoms with van der Waals surface area (Å²) < 4.78 is 0. The first-order chi connectivity index (χ1) is 9.40. The number of nitrogens with one attached hydrogen (secondary N) is 1. The first kappa shape index (κ1) is 17.8. The van der Waals surface area contributed by atoms with E-state index in [9.17, 15) is 9.59 Å². The fourth-order valence-electron chi connectivity index (χ4n) is 1.11. The standard InChI is InChI=1S/C12H13NO3.C2H7NO/c1-8-3-5-10(6-4-8)13-11(14)7-9(2)12(15)16;3-1-2-4/h3-6H,2,7H2,1H3,(H,13,14)(H,15,16);4H,1-3H2. The third kappa shape index (κ3) is 8.02. The number of carbonyl (C=O) groups excluding carboxylic acids is 1. The molecule has 0 atom stereocenters. The Balaban J connectivity index is 0.000000796. The minimum absolute atomic E-state index is 0.0972. The molecule has 0 saturated carbocycles. The Morgan fingerprint density at radius 1 is 1.30 bits per heavy atom. The molecule has 0 bridgehead atoms. The normalized spacial score (nSPS) is 9.15. The lowest BCUT2D eigenvalue weighted by molar-refractivity contribution is -0.133. The van der Waals surface area contributed by atoms with Crippen LogP contribution in [0.5, 0.6) is 0 Å². The van der Waals surface area contributed by atoms with Crippen molar-refractivity contribution < 1.29 is 19.8 Å². The van der Waals surface area contributed by atoms with Crippen LogP contribution < -0.4 is 11.1 Å². The molecule has 0 heterocycles. The van der Waals surface area contributed by atoms with Crippen molar-refractivity contribution in [2.75, 3.05) is 18.5 Å². The number of aliphatic hydroxyl groups is 1. The molecule has 110 valence electrons. The number of benzene rings is 1. The lowest BCUT2D eigenvalue weighted by atomic mass is 10.2. The Labute approximate surface area is 117 Å². The van der Waals surface area contributed by atoms with Crippen molar-refractivity contribution in [2.45, 2.75) is 13.3 Å². The number of amides is 1. The Morgan fingerprint density at radius 2 is 1.80 bits per heavy atom. The summed E-state index contributed by atoms with van der Waals surface area (Å²) in [5.41, 5.74) is 6.39. The molecule has 0 saturated heterocycles. The van der Waals surface area contributed by atoms with Crippen LogP contribution >= 0.6 is 0 Å². The van der Waals surface area contributed by atoms with Gasteiger partial charge < -0.3 is 21.3 Å². The predicted molar refractivity (Wildman–Crippen MR) is 77.3 cm³/mol. The molecule has 1 aromatic rings. The lowest BCUT2D eigenvalue weighted by Crippen LogP contribution is -2.14. The molecule has 0 unspecified atom stereocenters. The zero-order chi connectivity index (χ0) is 15.5. The van der Waals surface area contributed by atoms with E-state index in [1.54, 1.807) is 12.1 Å². The van der Waals surface area contributed by atoms with E-state index in [4.69, 9.17) is 15.9 Å². The molecule has 6 heteroatoms. The maximum atomic E-state index is 11.4. The van der Waals surface area contributed by atoms with Gasteiger partial charge in [-0.25, -0.2) is 4.79 Å². The van der Waals surface area contributed by atoms with Gasteiger partial charge in [-0.15, -0.1) is 0 Å². The largest absolute Gasteiger partial charge is 0.478 e. The average Bonchev–Trinajstić information content (AvgIpc) is 2.41. The highest BCUT2D eigenvalue weighted by atomic mass is 16.4. The van der Waals surface area contributed by atoms with E-state index < -0.39 is 5.97 Å². The molecule has 6 nitrogen and oxygen atoms in total. The first-order valence-corrected chi connectivity index (χ1v) is 5.99. The molecule has 0 aliphatic heterocycles. The van der Waals surface area contributed by atoms with Crippen molar-refractivity contribution in [2.24, 2.45) is 5.73 Å². The molecule has 0 spiro atoms. The van der Waals surface area contributed by atoms with Crippen molar-refractivity contribution in [3.05, 3.63) is 42.0 Å². The summed E-state index contributed by atoms with van der Waals surface area (Å²) in [6, 6.07) is 7.25. The van der Waals surface area contributed by atoms with Crippen LogP contribution in [-0.2, 0) is 9.59 Å². The van der Waals surface area contributed by atoms with Crippen molar-refractivity contribution in [3.63, 3.8) is 0 Å². The molecule has 1 amide bonds. The van der Waals surface area contributed by atoms with Crippen LogP contribution in [0.3, 0.4) is 0 Å². The minimum Gasteiger partial charge on any atom is -0.478 e. The van der Waals surface area contributed by atoms with Gasteiger partial charge in [-0.2, -0.15) is 0 Å². The summed E-state index contributed by atoms with van der Waals surface area (Å²) in [4.78, 5) is 21.8. The van der Waals surface area contributed by atoms with Crippen LogP contribution in [0, 0.1) is 6.92 Å². The van der Waals surface area contributed by atoms with Crippen LogP contribution in [0.2, 0.25) is 0 Å². The molecular weight excluding hydrogens is 260 g/mol. The predicted octanol–water partition coefficient (Wildman–Crippen LogP) is 0.902. The average molecular weight is 280 g/mol. The summed E-state index contributed by atoms with van der Waals surface area (Å²) in [7, 11) is 0. The summed E-state index contributed by atoms with van der Waals surface area (Å²) in [6.45, 7) is 5.70. The summed E-state index contributed by atoms with van der Waals surface area (Å²) in [6.07, 6.45) is -0.205. The lowest BCUT2D eigenvalue weighted by Gasteiger charge is -2.05. The van der Waals surface area contributed by atoms with E-state index in [2.05, 4.69) is 11.9 Å². The Kier molecular flexibility index (Phi) is 8.65. The molecule has 0 fully saturated rings. The molecule has 20 heavy (non-hydrogen) atoms. The highest BCUT2D eigenvalue weighted by Crippen LogP contribution is 2.10. The molecule has 0 radical (unpaired) electrons. The number of rotatable bonds is 5. The van der Waals surface area contributed by atoms with Gasteiger partial charge in [0.25, 0.3) is 0 Å². The third-order valence-electron chi connectivity index (χ3n) is 2.14. The van der Waals surface area contributed by atoms with Gasteiger partial charge in [-0.1, -0.05) is 24.3 Å². The van der Waals surface area contributed by atoms with Gasteiger partial charge in [0.1, 0.15) is 0 Å². The second kappa shape index (κ2) is 9.71. The van der Waals surface area contributed by atoms with Gasteiger partial charge in [-0.05, 0) is 19.1 Å². The second-order valence-electron chi connectivity index (χ2n) is 4.01. The minimum atomic E-state index is -1.15. The van der Waals surface area contributed by atoms with Crippen LogP contribution in [0.25, 0.3) is 0 Å². The zero-order valence-electron chi connectivity index (χ0n) is 11.4. The zero-order valence-corrected chi connectivity index (χ0v) is 11.4. The Morgan fingerprint density at radius 3 is 2.20 bits per heavy atom. The van der Waals surface area contributed by atoms with E-state index in [0.717, 1.165) is 5.56 Å². The number of aryl methyl sites for hydroxylation is 1. The van der Waals surface area contributed by atoms with Crippen LogP contribution in [0.15, 0.2) is 36.4 Å². The molecule has 1 rings (SSSR count). The van der Waals surface area contributed by atoms with Gasteiger partial charge in [-0.3, -0.25) is 4.79 Å². The third-order valence-corrected chi connectivity index (χ3v) is 2.14. The van der Waals surface area contributed by atoms with E-state index in [1.165, 1.54) is 0 Å². The summed E-state index contributed by atoms with van der Waals surface area (Å²) in [5, 5.41) is 18.9. The number of hydrogen-bond donors (Lipinski definition) is 4. The number of hydrogen-bond acceptors (Lipinski definition) is 4. The number of carboxylic acids is 1. The fourth-order valence-corrected chi connectivity index (χ4v) is 1.11. The Bertz CT molecular complexity index is 453. The number of carboxylic acid groups (broad SMARTS) is 1. The highest BCUT2D eigenvalue weighted by Gasteiger charge is 2.10. The maximum Gasteiger partial charge on any atom is 0.331 e. The van der Waals surface area contributed by atoms with Crippen LogP contribution in [0.4, 0.5) is 5.69 Å². The molecule has 1 aromatic carbocycles. The number of carbonyl (C=O) groups is 2.